The van der Waals surface area contributed by atoms with E-state index in [2.05, 4.69) is 20.4 Å². The molecule has 0 aliphatic heterocycles. The first kappa shape index (κ1) is 33.3. The Morgan fingerprint density at radius 2 is 0.973 bits per heavy atom. The first-order chi connectivity index (χ1) is 16.5. The molecule has 4 rings (SSSR count). The van der Waals surface area contributed by atoms with Crippen LogP contribution in [0.25, 0.3) is 0 Å². The number of rotatable bonds is 6. The average Bonchev–Trinajstić information content (AvgIpc) is 3.55. The van der Waals surface area contributed by atoms with E-state index in [1.165, 1.54) is 25.0 Å². The van der Waals surface area contributed by atoms with Crippen molar-refractivity contribution in [3.8, 4) is 0 Å². The van der Waals surface area contributed by atoms with E-state index in [1.54, 1.807) is 72.8 Å². The molecular formula is C24H20Cl2N4NiO6. The molecule has 4 aromatic rings. The predicted molar refractivity (Wildman–Crippen MR) is 136 cm³/mol. The second-order valence-corrected chi connectivity index (χ2v) is 7.22. The van der Waals surface area contributed by atoms with Gasteiger partial charge in [-0.3, -0.25) is 0 Å². The Labute approximate surface area is 231 Å². The Balaban J connectivity index is 0.000000648. The van der Waals surface area contributed by atoms with E-state index < -0.39 is 11.8 Å². The van der Waals surface area contributed by atoms with E-state index in [4.69, 9.17) is 32.0 Å². The van der Waals surface area contributed by atoms with E-state index in [0.29, 0.717) is 32.7 Å². The van der Waals surface area contributed by atoms with Crippen molar-refractivity contribution >= 4 is 47.4 Å². The summed E-state index contributed by atoms with van der Waals surface area (Å²) < 4.78 is 10.00. The molecule has 10 nitrogen and oxygen atoms in total. The van der Waals surface area contributed by atoms with Gasteiger partial charge in [0.05, 0.1) is 25.0 Å². The molecule has 0 bridgehead atoms. The van der Waals surface area contributed by atoms with Crippen LogP contribution in [0.1, 0.15) is 22.6 Å². The van der Waals surface area contributed by atoms with Crippen LogP contribution in [0.5, 0.6) is 0 Å². The number of furan rings is 2. The van der Waals surface area contributed by atoms with Crippen molar-refractivity contribution in [3.63, 3.8) is 0 Å². The van der Waals surface area contributed by atoms with Gasteiger partial charge < -0.3 is 30.0 Å². The fourth-order valence-corrected chi connectivity index (χ4v) is 2.56. The fraction of sp³-hybridized carbons (Fsp3) is 0. The molecule has 2 aromatic heterocycles. The van der Waals surface area contributed by atoms with Gasteiger partial charge in [-0.25, -0.2) is 0 Å². The number of hydrogen-bond acceptors (Lipinski definition) is 8. The van der Waals surface area contributed by atoms with Gasteiger partial charge in [0.15, 0.2) is 0 Å². The minimum Gasteiger partial charge on any atom is -0.857 e. The molecule has 0 aliphatic rings. The van der Waals surface area contributed by atoms with E-state index in [-0.39, 0.29) is 27.4 Å². The van der Waals surface area contributed by atoms with Gasteiger partial charge >= 0.3 is 16.5 Å². The molecule has 0 spiro atoms. The zero-order valence-corrected chi connectivity index (χ0v) is 21.2. The average molecular weight is 590 g/mol. The standard InChI is InChI=1S/2C12H9ClN2O2.Ni.2H2O/c2*13-10-5-3-9(4-6-10)12(16)15-14-8-11-2-1-7-17-11;;;/h2*1-8H,(H,15,16);;2*1H2/q;;+2;;/p-2/b2*14-8-;;;. The number of hydrogen-bond donors (Lipinski definition) is 0. The van der Waals surface area contributed by atoms with Crippen LogP contribution in [0.3, 0.4) is 0 Å². The summed E-state index contributed by atoms with van der Waals surface area (Å²) in [7, 11) is 0. The normalized spacial score (nSPS) is 11.2. The van der Waals surface area contributed by atoms with Gasteiger partial charge in [-0.05, 0) is 59.7 Å². The molecule has 2 heterocycles. The minimum absolute atomic E-state index is 0. The Kier molecular flexibility index (Phi) is 15.9. The van der Waals surface area contributed by atoms with Crippen LogP contribution in [0, 0.1) is 0 Å². The zero-order chi connectivity index (χ0) is 24.2. The van der Waals surface area contributed by atoms with Crippen molar-refractivity contribution in [1.82, 2.24) is 0 Å². The smallest absolute Gasteiger partial charge is 0.857 e. The molecule has 196 valence electrons. The summed E-state index contributed by atoms with van der Waals surface area (Å²) in [6, 6.07) is 19.8. The first-order valence-corrected chi connectivity index (χ1v) is 10.4. The third-order valence-electron chi connectivity index (χ3n) is 3.94. The van der Waals surface area contributed by atoms with Crippen LogP contribution in [-0.4, -0.2) is 35.2 Å². The fourth-order valence-electron chi connectivity index (χ4n) is 2.31. The second kappa shape index (κ2) is 17.7. The molecule has 0 radical (unpaired) electrons. The summed E-state index contributed by atoms with van der Waals surface area (Å²) in [6.07, 6.45) is 5.77. The molecule has 37 heavy (non-hydrogen) atoms. The zero-order valence-electron chi connectivity index (χ0n) is 18.7. The summed E-state index contributed by atoms with van der Waals surface area (Å²) in [5.74, 6) is 0.226. The van der Waals surface area contributed by atoms with E-state index >= 15 is 0 Å². The van der Waals surface area contributed by atoms with Crippen LogP contribution in [0.2, 0.25) is 10.0 Å². The monoisotopic (exact) mass is 588 g/mol. The van der Waals surface area contributed by atoms with Gasteiger partial charge in [-0.2, -0.15) is 20.4 Å². The van der Waals surface area contributed by atoms with E-state index in [1.807, 2.05) is 0 Å². The van der Waals surface area contributed by atoms with Gasteiger partial charge in [0.2, 0.25) is 0 Å². The molecule has 0 atom stereocenters. The van der Waals surface area contributed by atoms with Crippen molar-refractivity contribution in [2.24, 2.45) is 20.4 Å². The molecule has 2 aromatic carbocycles. The van der Waals surface area contributed by atoms with Crippen molar-refractivity contribution in [3.05, 3.63) is 118 Å². The maximum Gasteiger partial charge on any atom is 2.00 e. The molecule has 0 saturated carbocycles. The molecule has 4 N–H and O–H groups in total. The molecular weight excluding hydrogens is 570 g/mol. The Morgan fingerprint density at radius 3 is 1.27 bits per heavy atom. The summed E-state index contributed by atoms with van der Waals surface area (Å²) >= 11 is 11.4. The molecule has 0 fully saturated rings. The Morgan fingerprint density at radius 1 is 0.622 bits per heavy atom. The van der Waals surface area contributed by atoms with Gasteiger partial charge in [-0.1, -0.05) is 47.5 Å². The van der Waals surface area contributed by atoms with Crippen LogP contribution >= 0.6 is 23.2 Å². The van der Waals surface area contributed by atoms with Crippen molar-refractivity contribution in [2.75, 3.05) is 0 Å². The molecule has 0 unspecified atom stereocenters. The SMILES string of the molecule is O.O.[Ni+2].[O-]/C(=N\N=C/c1ccco1)c1ccc(Cl)cc1.[O-]/C(=N\N=C/c1ccco1)c1ccc(Cl)cc1. The molecule has 0 aliphatic carbocycles. The second-order valence-electron chi connectivity index (χ2n) is 6.34. The maximum atomic E-state index is 11.5. The van der Waals surface area contributed by atoms with Gasteiger partial charge in [0.25, 0.3) is 0 Å². The summed E-state index contributed by atoms with van der Waals surface area (Å²) in [6.45, 7) is 0. The molecule has 13 heteroatoms. The van der Waals surface area contributed by atoms with E-state index in [9.17, 15) is 10.2 Å². The first-order valence-electron chi connectivity index (χ1n) is 9.66. The summed E-state index contributed by atoms with van der Waals surface area (Å²) in [4.78, 5) is 0. The number of nitrogens with zero attached hydrogens (tertiary/aromatic N) is 4. The number of benzene rings is 2. The van der Waals surface area contributed by atoms with Crippen molar-refractivity contribution < 1.29 is 46.5 Å². The Bertz CT molecular complexity index is 1170. The number of halogens is 2. The van der Waals surface area contributed by atoms with Crippen LogP contribution in [0.15, 0.2) is 115 Å². The third-order valence-corrected chi connectivity index (χ3v) is 4.44. The summed E-state index contributed by atoms with van der Waals surface area (Å²) in [5.41, 5.74) is 0.872. The minimum atomic E-state index is -0.426. The van der Waals surface area contributed by atoms with Crippen molar-refractivity contribution in [1.29, 1.82) is 0 Å². The van der Waals surface area contributed by atoms with Crippen LogP contribution in [-0.2, 0) is 16.5 Å². The van der Waals surface area contributed by atoms with Gasteiger partial charge in [0, 0.05) is 21.8 Å². The van der Waals surface area contributed by atoms with E-state index in [0.717, 1.165) is 0 Å². The van der Waals surface area contributed by atoms with Crippen molar-refractivity contribution in [2.45, 2.75) is 0 Å². The third kappa shape index (κ3) is 11.7. The molecule has 0 saturated heterocycles. The Hall–Kier alpha value is -3.73. The quantitative estimate of drug-likeness (QED) is 0.145. The maximum absolute atomic E-state index is 11.5. The predicted octanol–water partition coefficient (Wildman–Crippen LogP) is 2.50. The topological polar surface area (TPSA) is 185 Å². The van der Waals surface area contributed by atoms with Crippen LogP contribution < -0.4 is 10.2 Å². The largest absolute Gasteiger partial charge is 2.00 e. The summed E-state index contributed by atoms with van der Waals surface area (Å²) in [5, 5.41) is 38.5. The van der Waals surface area contributed by atoms with Gasteiger partial charge in [0.1, 0.15) is 11.5 Å². The van der Waals surface area contributed by atoms with Crippen LogP contribution in [0.4, 0.5) is 0 Å². The van der Waals surface area contributed by atoms with Gasteiger partial charge in [-0.15, -0.1) is 0 Å². The molecule has 0 amide bonds.